The van der Waals surface area contributed by atoms with Crippen molar-refractivity contribution in [3.05, 3.63) is 30.1 Å². The van der Waals surface area contributed by atoms with Gasteiger partial charge in [0.2, 0.25) is 5.91 Å². The number of ether oxygens (including phenoxy) is 1. The molecule has 5 heteroatoms. The molecule has 1 aliphatic rings. The minimum Gasteiger partial charge on any atom is -0.488 e. The highest BCUT2D eigenvalue weighted by atomic mass is 19.1. The van der Waals surface area contributed by atoms with E-state index in [1.54, 1.807) is 18.2 Å². The van der Waals surface area contributed by atoms with Gasteiger partial charge in [-0.1, -0.05) is 18.1 Å². The standard InChI is InChI=1S/C18H23FN2O2/c1-3-10-21-11-8-15(9-12-21)18(22)20-14(2)13-23-17-7-5-4-6-16(17)19/h1,4-7,14-15H,8-13H2,2H3,(H,20,22)/t14-/m0/s1. The summed E-state index contributed by atoms with van der Waals surface area (Å²) in [6, 6.07) is 6.07. The summed E-state index contributed by atoms with van der Waals surface area (Å²) >= 11 is 0. The molecule has 1 aromatic rings. The molecule has 1 saturated heterocycles. The minimum atomic E-state index is -0.396. The van der Waals surface area contributed by atoms with Crippen LogP contribution in [0.15, 0.2) is 24.3 Å². The number of amides is 1. The normalized spacial score (nSPS) is 17.3. The number of carbonyl (C=O) groups is 1. The summed E-state index contributed by atoms with van der Waals surface area (Å²) in [4.78, 5) is 14.4. The van der Waals surface area contributed by atoms with Gasteiger partial charge in [-0.05, 0) is 45.0 Å². The first-order valence-corrected chi connectivity index (χ1v) is 7.93. The Bertz CT molecular complexity index is 562. The molecule has 124 valence electrons. The van der Waals surface area contributed by atoms with Crippen LogP contribution in [0.4, 0.5) is 4.39 Å². The zero-order valence-electron chi connectivity index (χ0n) is 13.4. The quantitative estimate of drug-likeness (QED) is 0.816. The van der Waals surface area contributed by atoms with Crippen LogP contribution in [0.1, 0.15) is 19.8 Å². The summed E-state index contributed by atoms with van der Waals surface area (Å²) in [5.41, 5.74) is 0. The molecule has 4 nitrogen and oxygen atoms in total. The highest BCUT2D eigenvalue weighted by Gasteiger charge is 2.25. The lowest BCUT2D eigenvalue weighted by molar-refractivity contribution is -0.127. The molecule has 1 heterocycles. The number of likely N-dealkylation sites (tertiary alicyclic amines) is 1. The highest BCUT2D eigenvalue weighted by molar-refractivity contribution is 5.79. The van der Waals surface area contributed by atoms with Gasteiger partial charge in [0.15, 0.2) is 11.6 Å². The predicted octanol–water partition coefficient (Wildman–Crippen LogP) is 2.05. The van der Waals surface area contributed by atoms with E-state index < -0.39 is 5.82 Å². The summed E-state index contributed by atoms with van der Waals surface area (Å²) in [5, 5.41) is 2.94. The van der Waals surface area contributed by atoms with Crippen molar-refractivity contribution in [1.29, 1.82) is 0 Å². The molecule has 23 heavy (non-hydrogen) atoms. The maximum Gasteiger partial charge on any atom is 0.223 e. The number of nitrogens with one attached hydrogen (secondary N) is 1. The van der Waals surface area contributed by atoms with Crippen LogP contribution >= 0.6 is 0 Å². The number of hydrogen-bond donors (Lipinski definition) is 1. The first kappa shape index (κ1) is 17.3. The number of hydrogen-bond acceptors (Lipinski definition) is 3. The largest absolute Gasteiger partial charge is 0.488 e. The van der Waals surface area contributed by atoms with E-state index in [2.05, 4.69) is 16.1 Å². The lowest BCUT2D eigenvalue weighted by Gasteiger charge is -2.30. The van der Waals surface area contributed by atoms with Gasteiger partial charge < -0.3 is 10.1 Å². The van der Waals surface area contributed by atoms with Crippen LogP contribution in [0.2, 0.25) is 0 Å². The summed E-state index contributed by atoms with van der Waals surface area (Å²) < 4.78 is 18.9. The van der Waals surface area contributed by atoms with Crippen LogP contribution in [-0.2, 0) is 4.79 Å². The average molecular weight is 318 g/mol. The molecular formula is C18H23FN2O2. The fraction of sp³-hybridized carbons (Fsp3) is 0.500. The Hall–Kier alpha value is -2.06. The monoisotopic (exact) mass is 318 g/mol. The molecule has 0 saturated carbocycles. The first-order chi connectivity index (χ1) is 11.1. The van der Waals surface area contributed by atoms with Crippen molar-refractivity contribution >= 4 is 5.91 Å². The summed E-state index contributed by atoms with van der Waals surface area (Å²) in [5.74, 6) is 2.49. The van der Waals surface area contributed by atoms with Gasteiger partial charge in [0.05, 0.1) is 12.6 Å². The Morgan fingerprint density at radius 1 is 1.48 bits per heavy atom. The van der Waals surface area contributed by atoms with Crippen molar-refractivity contribution in [2.45, 2.75) is 25.8 Å². The molecule has 0 unspecified atom stereocenters. The van der Waals surface area contributed by atoms with E-state index in [4.69, 9.17) is 11.2 Å². The second-order valence-electron chi connectivity index (χ2n) is 5.91. The Morgan fingerprint density at radius 2 is 2.17 bits per heavy atom. The molecule has 2 rings (SSSR count). The van der Waals surface area contributed by atoms with E-state index >= 15 is 0 Å². The van der Waals surface area contributed by atoms with Crippen molar-refractivity contribution in [3.8, 4) is 18.1 Å². The minimum absolute atomic E-state index is 0.0138. The van der Waals surface area contributed by atoms with E-state index in [0.717, 1.165) is 25.9 Å². The van der Waals surface area contributed by atoms with Crippen molar-refractivity contribution in [2.24, 2.45) is 5.92 Å². The smallest absolute Gasteiger partial charge is 0.223 e. The molecule has 0 bridgehead atoms. The van der Waals surface area contributed by atoms with Gasteiger partial charge in [-0.25, -0.2) is 4.39 Å². The number of nitrogens with zero attached hydrogens (tertiary/aromatic N) is 1. The number of piperidine rings is 1. The van der Waals surface area contributed by atoms with Gasteiger partial charge in [-0.3, -0.25) is 9.69 Å². The maximum atomic E-state index is 13.5. The number of carbonyl (C=O) groups excluding carboxylic acids is 1. The molecule has 0 spiro atoms. The SMILES string of the molecule is C#CCN1CCC(C(=O)N[C@@H](C)COc2ccccc2F)CC1. The fourth-order valence-corrected chi connectivity index (χ4v) is 2.66. The molecule has 0 aromatic heterocycles. The van der Waals surface area contributed by atoms with Crippen LogP contribution in [0.5, 0.6) is 5.75 Å². The maximum absolute atomic E-state index is 13.5. The zero-order chi connectivity index (χ0) is 16.7. The van der Waals surface area contributed by atoms with E-state index in [0.29, 0.717) is 6.54 Å². The van der Waals surface area contributed by atoms with Crippen LogP contribution in [0.3, 0.4) is 0 Å². The number of terminal acetylenes is 1. The van der Waals surface area contributed by atoms with E-state index in [-0.39, 0.29) is 30.2 Å². The number of halogens is 1. The first-order valence-electron chi connectivity index (χ1n) is 7.93. The summed E-state index contributed by atoms with van der Waals surface area (Å²) in [6.45, 7) is 4.43. The molecular weight excluding hydrogens is 295 g/mol. The molecule has 1 aromatic carbocycles. The van der Waals surface area contributed by atoms with Crippen molar-refractivity contribution in [3.63, 3.8) is 0 Å². The van der Waals surface area contributed by atoms with Gasteiger partial charge in [0.25, 0.3) is 0 Å². The molecule has 1 fully saturated rings. The Balaban J connectivity index is 1.73. The number of benzene rings is 1. The third-order valence-electron chi connectivity index (χ3n) is 3.99. The van der Waals surface area contributed by atoms with Crippen molar-refractivity contribution < 1.29 is 13.9 Å². The second-order valence-corrected chi connectivity index (χ2v) is 5.91. The van der Waals surface area contributed by atoms with Crippen LogP contribution in [0, 0.1) is 24.1 Å². The van der Waals surface area contributed by atoms with Gasteiger partial charge >= 0.3 is 0 Å². The van der Waals surface area contributed by atoms with Crippen LogP contribution in [-0.4, -0.2) is 43.1 Å². The molecule has 1 N–H and O–H groups in total. The fourth-order valence-electron chi connectivity index (χ4n) is 2.66. The van der Waals surface area contributed by atoms with Crippen molar-refractivity contribution in [1.82, 2.24) is 10.2 Å². The lowest BCUT2D eigenvalue weighted by atomic mass is 9.95. The summed E-state index contributed by atoms with van der Waals surface area (Å²) in [6.07, 6.45) is 6.93. The zero-order valence-corrected chi connectivity index (χ0v) is 13.4. The van der Waals surface area contributed by atoms with Crippen LogP contribution < -0.4 is 10.1 Å². The Kier molecular flexibility index (Phi) is 6.42. The number of rotatable bonds is 6. The predicted molar refractivity (Wildman–Crippen MR) is 87.5 cm³/mol. The van der Waals surface area contributed by atoms with Crippen LogP contribution in [0.25, 0.3) is 0 Å². The third-order valence-corrected chi connectivity index (χ3v) is 3.99. The van der Waals surface area contributed by atoms with Gasteiger partial charge in [0, 0.05) is 5.92 Å². The highest BCUT2D eigenvalue weighted by Crippen LogP contribution is 2.18. The van der Waals surface area contributed by atoms with E-state index in [1.807, 2.05) is 6.92 Å². The van der Waals surface area contributed by atoms with Gasteiger partial charge in [-0.2, -0.15) is 0 Å². The topological polar surface area (TPSA) is 41.6 Å². The second kappa shape index (κ2) is 8.54. The molecule has 1 aliphatic heterocycles. The van der Waals surface area contributed by atoms with E-state index in [1.165, 1.54) is 6.07 Å². The van der Waals surface area contributed by atoms with E-state index in [9.17, 15) is 9.18 Å². The third kappa shape index (κ3) is 5.26. The summed E-state index contributed by atoms with van der Waals surface area (Å²) in [7, 11) is 0. The average Bonchev–Trinajstić information content (AvgIpc) is 2.55. The van der Waals surface area contributed by atoms with Gasteiger partial charge in [0.1, 0.15) is 6.61 Å². The van der Waals surface area contributed by atoms with Gasteiger partial charge in [-0.15, -0.1) is 6.42 Å². The molecule has 0 radical (unpaired) electrons. The van der Waals surface area contributed by atoms with Crippen molar-refractivity contribution in [2.75, 3.05) is 26.2 Å². The Morgan fingerprint density at radius 3 is 2.83 bits per heavy atom. The molecule has 1 atom stereocenters. The Labute approximate surface area is 137 Å². The number of para-hydroxylation sites is 1. The molecule has 0 aliphatic carbocycles. The molecule has 1 amide bonds. The lowest BCUT2D eigenvalue weighted by Crippen LogP contribution is -2.44.